The Balaban J connectivity index is 2.20. The molecule has 0 spiro atoms. The summed E-state index contributed by atoms with van der Waals surface area (Å²) >= 11 is 0. The fourth-order valence-corrected chi connectivity index (χ4v) is 3.77. The molecule has 1 saturated heterocycles. The van der Waals surface area contributed by atoms with Crippen molar-refractivity contribution >= 4 is 0 Å². The van der Waals surface area contributed by atoms with Gasteiger partial charge in [-0.25, -0.2) is 0 Å². The lowest BCUT2D eigenvalue weighted by atomic mass is 9.80. The van der Waals surface area contributed by atoms with Gasteiger partial charge in [-0.2, -0.15) is 0 Å². The van der Waals surface area contributed by atoms with Crippen molar-refractivity contribution in [3.8, 4) is 17.2 Å². The minimum absolute atomic E-state index is 0.331. The molecule has 0 amide bonds. The number of rotatable bonds is 6. The highest BCUT2D eigenvalue weighted by atomic mass is 16.5. The summed E-state index contributed by atoms with van der Waals surface area (Å²) in [6, 6.07) is 14.7. The van der Waals surface area contributed by atoms with E-state index in [1.165, 1.54) is 5.56 Å². The third-order valence-electron chi connectivity index (χ3n) is 5.19. The van der Waals surface area contributed by atoms with Crippen molar-refractivity contribution in [2.45, 2.75) is 12.5 Å². The van der Waals surface area contributed by atoms with Crippen molar-refractivity contribution in [2.24, 2.45) is 0 Å². The van der Waals surface area contributed by atoms with E-state index in [1.54, 1.807) is 21.3 Å². The number of nitrogens with zero attached hydrogens (tertiary/aromatic N) is 1. The maximum Gasteiger partial charge on any atom is 0.203 e. The highest BCUT2D eigenvalue weighted by Crippen LogP contribution is 2.43. The molecule has 0 bridgehead atoms. The van der Waals surface area contributed by atoms with Crippen LogP contribution < -0.4 is 19.5 Å². The van der Waals surface area contributed by atoms with E-state index in [0.717, 1.165) is 31.7 Å². The molecule has 1 aliphatic rings. The number of ether oxygens (including phenoxy) is 3. The number of nitrogens with one attached hydrogen (secondary N) is 1. The first-order valence-electron chi connectivity index (χ1n) is 9.02. The van der Waals surface area contributed by atoms with Gasteiger partial charge in [0.15, 0.2) is 11.5 Å². The molecule has 5 heteroatoms. The molecule has 1 N–H and O–H groups in total. The van der Waals surface area contributed by atoms with E-state index in [1.807, 2.05) is 6.07 Å². The van der Waals surface area contributed by atoms with Crippen molar-refractivity contribution in [1.82, 2.24) is 10.2 Å². The van der Waals surface area contributed by atoms with Crippen LogP contribution >= 0.6 is 0 Å². The maximum absolute atomic E-state index is 5.60. The van der Waals surface area contributed by atoms with Gasteiger partial charge in [0.2, 0.25) is 5.75 Å². The third-order valence-corrected chi connectivity index (χ3v) is 5.19. The predicted molar refractivity (Wildman–Crippen MR) is 103 cm³/mol. The number of hydrogen-bond donors (Lipinski definition) is 1. The second kappa shape index (κ2) is 7.98. The summed E-state index contributed by atoms with van der Waals surface area (Å²) in [5, 5.41) is 3.78. The van der Waals surface area contributed by atoms with Crippen LogP contribution in [0.1, 0.15) is 18.1 Å². The van der Waals surface area contributed by atoms with Gasteiger partial charge < -0.3 is 19.5 Å². The summed E-state index contributed by atoms with van der Waals surface area (Å²) in [4.78, 5) is 2.46. The van der Waals surface area contributed by atoms with Gasteiger partial charge in [-0.15, -0.1) is 0 Å². The van der Waals surface area contributed by atoms with Crippen LogP contribution in [0.15, 0.2) is 42.5 Å². The zero-order valence-corrected chi connectivity index (χ0v) is 16.0. The normalized spacial score (nSPS) is 20.6. The highest BCUT2D eigenvalue weighted by Gasteiger charge is 2.39. The van der Waals surface area contributed by atoms with Crippen LogP contribution in [-0.2, 0) is 5.54 Å². The van der Waals surface area contributed by atoms with Gasteiger partial charge in [-0.05, 0) is 29.8 Å². The summed E-state index contributed by atoms with van der Waals surface area (Å²) in [6.45, 7) is 6.05. The molecule has 1 atom stereocenters. The summed E-state index contributed by atoms with van der Waals surface area (Å²) in [5.74, 6) is 1.96. The Morgan fingerprint density at radius 1 is 0.962 bits per heavy atom. The fourth-order valence-electron chi connectivity index (χ4n) is 3.77. The number of piperazine rings is 1. The SMILES string of the molecule is CCN1CCNC(c2ccccc2)(c2cc(OC)c(OC)c(OC)c2)C1. The smallest absolute Gasteiger partial charge is 0.203 e. The summed E-state index contributed by atoms with van der Waals surface area (Å²) < 4.78 is 16.7. The van der Waals surface area contributed by atoms with Crippen molar-refractivity contribution in [2.75, 3.05) is 47.5 Å². The van der Waals surface area contributed by atoms with E-state index in [2.05, 4.69) is 53.5 Å². The molecule has 1 fully saturated rings. The average Bonchev–Trinajstić information content (AvgIpc) is 2.73. The number of hydrogen-bond acceptors (Lipinski definition) is 5. The second-order valence-corrected chi connectivity index (χ2v) is 6.48. The third kappa shape index (κ3) is 3.24. The molecular weight excluding hydrogens is 328 g/mol. The first-order chi connectivity index (χ1) is 12.7. The van der Waals surface area contributed by atoms with Crippen LogP contribution in [0.3, 0.4) is 0 Å². The summed E-state index contributed by atoms with van der Waals surface area (Å²) in [7, 11) is 4.94. The Labute approximate surface area is 155 Å². The molecule has 1 unspecified atom stereocenters. The van der Waals surface area contributed by atoms with E-state index >= 15 is 0 Å². The average molecular weight is 356 g/mol. The monoisotopic (exact) mass is 356 g/mol. The summed E-state index contributed by atoms with van der Waals surface area (Å²) in [6.07, 6.45) is 0. The maximum atomic E-state index is 5.60. The molecule has 5 nitrogen and oxygen atoms in total. The molecule has 0 aromatic heterocycles. The van der Waals surface area contributed by atoms with E-state index in [0.29, 0.717) is 17.2 Å². The van der Waals surface area contributed by atoms with E-state index in [4.69, 9.17) is 14.2 Å². The molecule has 26 heavy (non-hydrogen) atoms. The molecule has 0 saturated carbocycles. The standard InChI is InChI=1S/C21H28N2O3/c1-5-23-12-11-22-21(15-23,16-9-7-6-8-10-16)17-13-18(24-2)20(26-4)19(14-17)25-3/h6-10,13-14,22H,5,11-12,15H2,1-4H3. The van der Waals surface area contributed by atoms with Crippen LogP contribution in [0.2, 0.25) is 0 Å². The van der Waals surface area contributed by atoms with E-state index in [9.17, 15) is 0 Å². The molecule has 1 heterocycles. The Hall–Kier alpha value is -2.24. The van der Waals surface area contributed by atoms with Crippen molar-refractivity contribution in [1.29, 1.82) is 0 Å². The van der Waals surface area contributed by atoms with Gasteiger partial charge in [0.25, 0.3) is 0 Å². The first kappa shape index (κ1) is 18.5. The van der Waals surface area contributed by atoms with Crippen molar-refractivity contribution < 1.29 is 14.2 Å². The Kier molecular flexibility index (Phi) is 5.69. The van der Waals surface area contributed by atoms with Crippen LogP contribution in [0.25, 0.3) is 0 Å². The molecule has 140 valence electrons. The Morgan fingerprint density at radius 2 is 1.62 bits per heavy atom. The minimum Gasteiger partial charge on any atom is -0.493 e. The fraction of sp³-hybridized carbons (Fsp3) is 0.429. The van der Waals surface area contributed by atoms with E-state index < -0.39 is 0 Å². The molecule has 0 radical (unpaired) electrons. The number of benzene rings is 2. The van der Waals surface area contributed by atoms with Crippen LogP contribution in [0.5, 0.6) is 17.2 Å². The number of methoxy groups -OCH3 is 3. The Morgan fingerprint density at radius 3 is 2.15 bits per heavy atom. The van der Waals surface area contributed by atoms with Crippen LogP contribution in [0.4, 0.5) is 0 Å². The first-order valence-corrected chi connectivity index (χ1v) is 9.02. The number of likely N-dealkylation sites (N-methyl/N-ethyl adjacent to an activating group) is 1. The molecular formula is C21H28N2O3. The lowest BCUT2D eigenvalue weighted by Crippen LogP contribution is -2.58. The summed E-state index contributed by atoms with van der Waals surface area (Å²) in [5.41, 5.74) is 2.01. The molecule has 2 aromatic rings. The van der Waals surface area contributed by atoms with Gasteiger partial charge in [0.05, 0.1) is 26.9 Å². The lowest BCUT2D eigenvalue weighted by molar-refractivity contribution is 0.162. The van der Waals surface area contributed by atoms with Gasteiger partial charge in [-0.3, -0.25) is 4.90 Å². The van der Waals surface area contributed by atoms with Crippen molar-refractivity contribution in [3.63, 3.8) is 0 Å². The van der Waals surface area contributed by atoms with Gasteiger partial charge >= 0.3 is 0 Å². The van der Waals surface area contributed by atoms with Gasteiger partial charge in [0.1, 0.15) is 0 Å². The van der Waals surface area contributed by atoms with Crippen LogP contribution in [0, 0.1) is 0 Å². The lowest BCUT2D eigenvalue weighted by Gasteiger charge is -2.44. The Bertz CT molecular complexity index is 710. The zero-order valence-electron chi connectivity index (χ0n) is 16.0. The quantitative estimate of drug-likeness (QED) is 0.862. The van der Waals surface area contributed by atoms with Crippen LogP contribution in [-0.4, -0.2) is 52.4 Å². The molecule has 1 aliphatic heterocycles. The van der Waals surface area contributed by atoms with E-state index in [-0.39, 0.29) is 5.54 Å². The topological polar surface area (TPSA) is 43.0 Å². The largest absolute Gasteiger partial charge is 0.493 e. The molecule has 0 aliphatic carbocycles. The van der Waals surface area contributed by atoms with Gasteiger partial charge in [0, 0.05) is 19.6 Å². The zero-order chi connectivity index (χ0) is 18.6. The minimum atomic E-state index is -0.331. The molecule has 2 aromatic carbocycles. The predicted octanol–water partition coefficient (Wildman–Crippen LogP) is 2.88. The molecule has 3 rings (SSSR count). The highest BCUT2D eigenvalue weighted by molar-refractivity contribution is 5.57. The van der Waals surface area contributed by atoms with Crippen molar-refractivity contribution in [3.05, 3.63) is 53.6 Å². The van der Waals surface area contributed by atoms with Gasteiger partial charge in [-0.1, -0.05) is 37.3 Å². The second-order valence-electron chi connectivity index (χ2n) is 6.48.